The quantitative estimate of drug-likeness (QED) is 0.196. The van der Waals surface area contributed by atoms with E-state index in [9.17, 15) is 0 Å². The van der Waals surface area contributed by atoms with Crippen molar-refractivity contribution in [1.82, 2.24) is 0 Å². The van der Waals surface area contributed by atoms with Crippen molar-refractivity contribution in [2.75, 3.05) is 5.73 Å². The number of hydrogen-bond acceptors (Lipinski definition) is 1. The molecule has 7 aromatic rings. The lowest BCUT2D eigenvalue weighted by Crippen LogP contribution is -2.28. The molecule has 0 saturated carbocycles. The van der Waals surface area contributed by atoms with Crippen LogP contribution in [0.15, 0.2) is 176 Å². The molecule has 7 aromatic carbocycles. The normalized spacial score (nSPS) is 12.8. The van der Waals surface area contributed by atoms with E-state index in [0.717, 1.165) is 23.2 Å². The number of rotatable bonds is 6. The van der Waals surface area contributed by atoms with E-state index in [2.05, 4.69) is 158 Å². The molecule has 0 unspecified atom stereocenters. The Morgan fingerprint density at radius 1 is 0.400 bits per heavy atom. The van der Waals surface area contributed by atoms with Crippen LogP contribution in [0.4, 0.5) is 5.69 Å². The Labute approximate surface area is 265 Å². The van der Waals surface area contributed by atoms with E-state index in [1.165, 1.54) is 55.6 Å². The fraction of sp³-hybridized carbons (Fsp3) is 0.0455. The van der Waals surface area contributed by atoms with Gasteiger partial charge in [0.05, 0.1) is 5.41 Å². The predicted molar refractivity (Wildman–Crippen MR) is 188 cm³/mol. The van der Waals surface area contributed by atoms with Crippen molar-refractivity contribution in [1.29, 1.82) is 0 Å². The Kier molecular flexibility index (Phi) is 6.65. The highest BCUT2D eigenvalue weighted by molar-refractivity contribution is 5.90. The first-order valence-electron chi connectivity index (χ1n) is 15.6. The van der Waals surface area contributed by atoms with E-state index in [1.807, 2.05) is 18.2 Å². The molecular formula is C44H33N. The van der Waals surface area contributed by atoms with Crippen molar-refractivity contribution in [2.45, 2.75) is 11.8 Å². The molecule has 0 heterocycles. The second kappa shape index (κ2) is 11.1. The molecule has 0 spiro atoms. The Balaban J connectivity index is 1.23. The number of nitrogens with two attached hydrogens (primary N) is 1. The van der Waals surface area contributed by atoms with Crippen molar-refractivity contribution in [3.63, 3.8) is 0 Å². The van der Waals surface area contributed by atoms with Gasteiger partial charge in [0, 0.05) is 11.3 Å². The van der Waals surface area contributed by atoms with Crippen LogP contribution in [0.2, 0.25) is 0 Å². The molecule has 1 aliphatic carbocycles. The largest absolute Gasteiger partial charge is 0.398 e. The van der Waals surface area contributed by atoms with Crippen LogP contribution in [0.5, 0.6) is 0 Å². The van der Waals surface area contributed by atoms with Crippen LogP contribution in [-0.2, 0) is 11.8 Å². The maximum atomic E-state index is 6.38. The maximum absolute atomic E-state index is 6.38. The summed E-state index contributed by atoms with van der Waals surface area (Å²) in [6.07, 6.45) is 0.852. The highest BCUT2D eigenvalue weighted by Gasteiger charge is 2.46. The van der Waals surface area contributed by atoms with Gasteiger partial charge in [0.15, 0.2) is 0 Å². The van der Waals surface area contributed by atoms with Crippen molar-refractivity contribution in [3.05, 3.63) is 209 Å². The van der Waals surface area contributed by atoms with Gasteiger partial charge in [-0.15, -0.1) is 0 Å². The molecule has 0 radical (unpaired) electrons. The van der Waals surface area contributed by atoms with Crippen molar-refractivity contribution < 1.29 is 0 Å². The zero-order chi connectivity index (χ0) is 30.2. The molecule has 1 heteroatoms. The minimum atomic E-state index is -0.378. The average Bonchev–Trinajstić information content (AvgIpc) is 3.42. The third-order valence-electron chi connectivity index (χ3n) is 9.41. The zero-order valence-corrected chi connectivity index (χ0v) is 25.0. The first-order chi connectivity index (χ1) is 22.2. The van der Waals surface area contributed by atoms with Gasteiger partial charge in [0.2, 0.25) is 0 Å². The maximum Gasteiger partial charge on any atom is 0.0713 e. The van der Waals surface area contributed by atoms with Crippen LogP contribution >= 0.6 is 0 Å². The third-order valence-corrected chi connectivity index (χ3v) is 9.41. The molecule has 45 heavy (non-hydrogen) atoms. The number of fused-ring (bicyclic) bond motifs is 3. The van der Waals surface area contributed by atoms with Crippen LogP contribution in [0.3, 0.4) is 0 Å². The molecule has 0 fully saturated rings. The summed E-state index contributed by atoms with van der Waals surface area (Å²) in [6.45, 7) is 0. The SMILES string of the molecule is Nc1ccccc1-c1ccccc1-c1ccc(Cc2cccc3c2-c2ccccc2C3(c2ccccc2)c2ccccc2)cc1. The van der Waals surface area contributed by atoms with Gasteiger partial charge in [0.25, 0.3) is 0 Å². The summed E-state index contributed by atoms with van der Waals surface area (Å²) >= 11 is 0. The van der Waals surface area contributed by atoms with Crippen LogP contribution < -0.4 is 5.73 Å². The highest BCUT2D eigenvalue weighted by atomic mass is 14.6. The van der Waals surface area contributed by atoms with Crippen molar-refractivity contribution in [2.24, 2.45) is 0 Å². The van der Waals surface area contributed by atoms with Gasteiger partial charge >= 0.3 is 0 Å². The highest BCUT2D eigenvalue weighted by Crippen LogP contribution is 2.57. The Hall–Kier alpha value is -5.66. The summed E-state index contributed by atoms with van der Waals surface area (Å²) in [5.41, 5.74) is 22.0. The summed E-state index contributed by atoms with van der Waals surface area (Å²) in [7, 11) is 0. The van der Waals surface area contributed by atoms with Gasteiger partial charge in [-0.05, 0) is 73.7 Å². The molecular weight excluding hydrogens is 542 g/mol. The molecule has 8 rings (SSSR count). The number of nitrogen functional groups attached to an aromatic ring is 1. The molecule has 0 aliphatic heterocycles. The van der Waals surface area contributed by atoms with Crippen LogP contribution in [0.25, 0.3) is 33.4 Å². The zero-order valence-electron chi connectivity index (χ0n) is 25.0. The molecule has 0 atom stereocenters. The molecule has 0 aromatic heterocycles. The first-order valence-corrected chi connectivity index (χ1v) is 15.6. The van der Waals surface area contributed by atoms with Crippen molar-refractivity contribution in [3.8, 4) is 33.4 Å². The van der Waals surface area contributed by atoms with Gasteiger partial charge in [-0.2, -0.15) is 0 Å². The van der Waals surface area contributed by atoms with Gasteiger partial charge in [-0.25, -0.2) is 0 Å². The molecule has 1 aliphatic rings. The van der Waals surface area contributed by atoms with Gasteiger partial charge in [-0.3, -0.25) is 0 Å². The number of anilines is 1. The van der Waals surface area contributed by atoms with Crippen LogP contribution in [-0.4, -0.2) is 0 Å². The molecule has 214 valence electrons. The average molecular weight is 576 g/mol. The Bertz CT molecular complexity index is 2090. The minimum Gasteiger partial charge on any atom is -0.398 e. The smallest absolute Gasteiger partial charge is 0.0713 e. The van der Waals surface area contributed by atoms with E-state index in [-0.39, 0.29) is 5.41 Å². The van der Waals surface area contributed by atoms with Crippen molar-refractivity contribution >= 4 is 5.69 Å². The van der Waals surface area contributed by atoms with Gasteiger partial charge in [0.1, 0.15) is 0 Å². The Morgan fingerprint density at radius 3 is 1.60 bits per heavy atom. The van der Waals surface area contributed by atoms with Crippen LogP contribution in [0, 0.1) is 0 Å². The fourth-order valence-electron chi connectivity index (χ4n) is 7.45. The van der Waals surface area contributed by atoms with E-state index >= 15 is 0 Å². The predicted octanol–water partition coefficient (Wildman–Crippen LogP) is 10.6. The molecule has 0 amide bonds. The second-order valence-electron chi connectivity index (χ2n) is 11.9. The lowest BCUT2D eigenvalue weighted by atomic mass is 9.67. The van der Waals surface area contributed by atoms with E-state index in [1.54, 1.807) is 0 Å². The molecule has 2 N–H and O–H groups in total. The number of para-hydroxylation sites is 1. The Morgan fingerprint density at radius 2 is 0.933 bits per heavy atom. The molecule has 1 nitrogen and oxygen atoms in total. The van der Waals surface area contributed by atoms with E-state index < -0.39 is 0 Å². The minimum absolute atomic E-state index is 0.378. The van der Waals surface area contributed by atoms with Gasteiger partial charge in [-0.1, -0.05) is 170 Å². The summed E-state index contributed by atoms with van der Waals surface area (Å²) in [5.74, 6) is 0. The standard InChI is InChI=1S/C44H33N/c45-42-25-12-10-21-38(42)37-20-8-7-19-36(37)32-28-26-31(27-29-32)30-33-14-13-24-41-43(33)39-22-9-11-23-40(39)44(41,34-15-3-1-4-16-34)35-17-5-2-6-18-35/h1-29H,30,45H2. The summed E-state index contributed by atoms with van der Waals surface area (Å²) < 4.78 is 0. The molecule has 0 saturated heterocycles. The topological polar surface area (TPSA) is 26.0 Å². The second-order valence-corrected chi connectivity index (χ2v) is 11.9. The van der Waals surface area contributed by atoms with Gasteiger partial charge < -0.3 is 5.73 Å². The summed E-state index contributed by atoms with van der Waals surface area (Å²) in [6, 6.07) is 63.6. The summed E-state index contributed by atoms with van der Waals surface area (Å²) in [4.78, 5) is 0. The lowest BCUT2D eigenvalue weighted by molar-refractivity contribution is 0.768. The lowest BCUT2D eigenvalue weighted by Gasteiger charge is -2.34. The number of hydrogen-bond donors (Lipinski definition) is 1. The van der Waals surface area contributed by atoms with Crippen LogP contribution in [0.1, 0.15) is 33.4 Å². The monoisotopic (exact) mass is 575 g/mol. The first kappa shape index (κ1) is 26.9. The van der Waals surface area contributed by atoms with E-state index in [4.69, 9.17) is 5.73 Å². The number of benzene rings is 7. The fourth-order valence-corrected chi connectivity index (χ4v) is 7.45. The molecule has 0 bridgehead atoms. The van der Waals surface area contributed by atoms with E-state index in [0.29, 0.717) is 0 Å². The third kappa shape index (κ3) is 4.39. The summed E-state index contributed by atoms with van der Waals surface area (Å²) in [5, 5.41) is 0.